The fourth-order valence-electron chi connectivity index (χ4n) is 4.63. The van der Waals surface area contributed by atoms with Gasteiger partial charge in [-0.1, -0.05) is 24.3 Å². The normalized spacial score (nSPS) is 15.8. The summed E-state index contributed by atoms with van der Waals surface area (Å²) in [4.78, 5) is 36.3. The summed E-state index contributed by atoms with van der Waals surface area (Å²) in [6.07, 6.45) is 1.92. The van der Waals surface area contributed by atoms with Gasteiger partial charge in [0, 0.05) is 64.8 Å². The zero-order valence-corrected chi connectivity index (χ0v) is 18.8. The number of nitrogens with zero attached hydrogens (tertiary/aromatic N) is 6. The number of aromatic amines is 1. The van der Waals surface area contributed by atoms with Crippen LogP contribution in [0.2, 0.25) is 0 Å². The van der Waals surface area contributed by atoms with Crippen molar-refractivity contribution >= 4 is 16.9 Å². The molecule has 0 radical (unpaired) electrons. The van der Waals surface area contributed by atoms with E-state index in [4.69, 9.17) is 0 Å². The van der Waals surface area contributed by atoms with Crippen molar-refractivity contribution in [1.29, 1.82) is 0 Å². The molecule has 9 heteroatoms. The van der Waals surface area contributed by atoms with E-state index >= 15 is 0 Å². The van der Waals surface area contributed by atoms with Crippen molar-refractivity contribution in [2.45, 2.75) is 26.9 Å². The van der Waals surface area contributed by atoms with E-state index in [-0.39, 0.29) is 0 Å². The molecule has 1 fully saturated rings. The Labute approximate surface area is 185 Å². The Balaban J connectivity index is 1.28. The lowest BCUT2D eigenvalue weighted by molar-refractivity contribution is 0.124. The highest BCUT2D eigenvalue weighted by Gasteiger charge is 2.20. The van der Waals surface area contributed by atoms with E-state index in [1.165, 1.54) is 15.7 Å². The van der Waals surface area contributed by atoms with E-state index in [1.54, 1.807) is 11.4 Å². The summed E-state index contributed by atoms with van der Waals surface area (Å²) in [6, 6.07) is 8.60. The molecule has 9 nitrogen and oxygen atoms in total. The lowest BCUT2D eigenvalue weighted by Gasteiger charge is -2.35. The summed E-state index contributed by atoms with van der Waals surface area (Å²) in [7, 11) is 1.63. The molecule has 0 unspecified atom stereocenters. The molecule has 4 aromatic rings. The van der Waals surface area contributed by atoms with Gasteiger partial charge in [0.05, 0.1) is 0 Å². The SMILES string of the molecule is Cc1ccccc1CN1CCN(CCn2c(C)cn3c4c(=O)[nH]c(=O)n(C)c4nc23)CC1. The van der Waals surface area contributed by atoms with Crippen molar-refractivity contribution in [2.75, 3.05) is 32.7 Å². The number of aromatic nitrogens is 5. The van der Waals surface area contributed by atoms with E-state index in [2.05, 4.69) is 55.5 Å². The Kier molecular flexibility index (Phi) is 5.22. The average Bonchev–Trinajstić information content (AvgIpc) is 3.28. The second-order valence-corrected chi connectivity index (χ2v) is 8.74. The van der Waals surface area contributed by atoms with Crippen LogP contribution in [0, 0.1) is 13.8 Å². The summed E-state index contributed by atoms with van der Waals surface area (Å²) >= 11 is 0. The van der Waals surface area contributed by atoms with Gasteiger partial charge < -0.3 is 4.57 Å². The van der Waals surface area contributed by atoms with E-state index < -0.39 is 11.2 Å². The van der Waals surface area contributed by atoms with E-state index in [0.29, 0.717) is 16.9 Å². The molecule has 0 spiro atoms. The van der Waals surface area contributed by atoms with Crippen LogP contribution in [0.15, 0.2) is 40.1 Å². The third-order valence-electron chi connectivity index (χ3n) is 6.68. The van der Waals surface area contributed by atoms with Crippen molar-refractivity contribution in [3.8, 4) is 0 Å². The minimum absolute atomic E-state index is 0.405. The van der Waals surface area contributed by atoms with Gasteiger partial charge in [0.1, 0.15) is 0 Å². The molecule has 0 atom stereocenters. The van der Waals surface area contributed by atoms with Crippen LogP contribution in [-0.4, -0.2) is 66.0 Å². The van der Waals surface area contributed by atoms with Crippen molar-refractivity contribution in [3.05, 3.63) is 68.1 Å². The predicted molar refractivity (Wildman–Crippen MR) is 124 cm³/mol. The molecule has 4 heterocycles. The second-order valence-electron chi connectivity index (χ2n) is 8.74. The summed E-state index contributed by atoms with van der Waals surface area (Å²) in [5.74, 6) is 0.697. The highest BCUT2D eigenvalue weighted by molar-refractivity contribution is 5.75. The molecule has 32 heavy (non-hydrogen) atoms. The molecule has 1 aromatic carbocycles. The molecule has 0 amide bonds. The molecule has 1 N–H and O–H groups in total. The van der Waals surface area contributed by atoms with Crippen LogP contribution in [0.1, 0.15) is 16.8 Å². The van der Waals surface area contributed by atoms with Gasteiger partial charge in [0.15, 0.2) is 11.2 Å². The number of hydrogen-bond acceptors (Lipinski definition) is 5. The third kappa shape index (κ3) is 3.57. The van der Waals surface area contributed by atoms with E-state index in [1.807, 2.05) is 13.1 Å². The molecule has 0 aliphatic carbocycles. The van der Waals surface area contributed by atoms with Crippen LogP contribution in [-0.2, 0) is 20.1 Å². The number of imidazole rings is 2. The highest BCUT2D eigenvalue weighted by atomic mass is 16.2. The Morgan fingerprint density at radius 2 is 1.72 bits per heavy atom. The number of nitrogens with one attached hydrogen (secondary N) is 1. The van der Waals surface area contributed by atoms with E-state index in [0.717, 1.165) is 51.5 Å². The van der Waals surface area contributed by atoms with Gasteiger partial charge in [0.25, 0.3) is 5.56 Å². The maximum Gasteiger partial charge on any atom is 0.329 e. The smallest absolute Gasteiger partial charge is 0.313 e. The van der Waals surface area contributed by atoms with Gasteiger partial charge in [-0.2, -0.15) is 4.98 Å². The van der Waals surface area contributed by atoms with Crippen LogP contribution >= 0.6 is 0 Å². The Morgan fingerprint density at radius 3 is 2.47 bits per heavy atom. The molecule has 0 bridgehead atoms. The van der Waals surface area contributed by atoms with Gasteiger partial charge in [-0.3, -0.25) is 28.5 Å². The van der Waals surface area contributed by atoms with Gasteiger partial charge in [0.2, 0.25) is 5.78 Å². The zero-order valence-electron chi connectivity index (χ0n) is 18.8. The number of benzene rings is 1. The number of H-pyrrole nitrogens is 1. The monoisotopic (exact) mass is 435 g/mol. The van der Waals surface area contributed by atoms with Gasteiger partial charge >= 0.3 is 5.69 Å². The van der Waals surface area contributed by atoms with E-state index in [9.17, 15) is 9.59 Å². The molecular weight excluding hydrogens is 406 g/mol. The molecule has 0 saturated carbocycles. The standard InChI is InChI=1S/C23H29N7O2/c1-16-6-4-5-7-18(16)15-28-10-8-27(9-11-28)12-13-29-17(2)14-30-19-20(24-22(29)30)26(3)23(32)25-21(19)31/h4-7,14H,8-13,15H2,1-3H3,(H,25,31,32). The first-order valence-corrected chi connectivity index (χ1v) is 11.1. The molecular formula is C23H29N7O2. The lowest BCUT2D eigenvalue weighted by Crippen LogP contribution is -2.46. The van der Waals surface area contributed by atoms with Crippen LogP contribution in [0.25, 0.3) is 16.9 Å². The minimum atomic E-state index is -0.449. The molecule has 5 rings (SSSR count). The van der Waals surface area contributed by atoms with Crippen molar-refractivity contribution < 1.29 is 0 Å². The molecule has 1 aliphatic rings. The molecule has 3 aromatic heterocycles. The summed E-state index contributed by atoms with van der Waals surface area (Å²) in [5.41, 5.74) is 3.77. The number of piperazine rings is 1. The molecule has 1 saturated heterocycles. The van der Waals surface area contributed by atoms with Crippen molar-refractivity contribution in [3.63, 3.8) is 0 Å². The largest absolute Gasteiger partial charge is 0.329 e. The first kappa shape index (κ1) is 20.7. The Bertz CT molecular complexity index is 1400. The number of fused-ring (bicyclic) bond motifs is 3. The fourth-order valence-corrected chi connectivity index (χ4v) is 4.63. The third-order valence-corrected chi connectivity index (χ3v) is 6.68. The fraction of sp³-hybridized carbons (Fsp3) is 0.435. The molecule has 1 aliphatic heterocycles. The van der Waals surface area contributed by atoms with Crippen molar-refractivity contribution in [2.24, 2.45) is 7.05 Å². The quantitative estimate of drug-likeness (QED) is 0.508. The van der Waals surface area contributed by atoms with Gasteiger partial charge in [-0.05, 0) is 25.0 Å². The number of hydrogen-bond donors (Lipinski definition) is 1. The summed E-state index contributed by atoms with van der Waals surface area (Å²) in [5, 5.41) is 0. The summed E-state index contributed by atoms with van der Waals surface area (Å²) < 4.78 is 5.31. The Hall–Kier alpha value is -3.17. The highest BCUT2D eigenvalue weighted by Crippen LogP contribution is 2.17. The molecule has 168 valence electrons. The van der Waals surface area contributed by atoms with Gasteiger partial charge in [-0.15, -0.1) is 0 Å². The number of aryl methyl sites for hydroxylation is 3. The topological polar surface area (TPSA) is 83.6 Å². The predicted octanol–water partition coefficient (Wildman–Crippen LogP) is 1.11. The second kappa shape index (κ2) is 8.07. The lowest BCUT2D eigenvalue weighted by atomic mass is 10.1. The summed E-state index contributed by atoms with van der Waals surface area (Å²) in [6.45, 7) is 11.1. The first-order chi connectivity index (χ1) is 15.4. The minimum Gasteiger partial charge on any atom is -0.313 e. The van der Waals surface area contributed by atoms with Crippen molar-refractivity contribution in [1.82, 2.24) is 33.3 Å². The zero-order chi connectivity index (χ0) is 22.4. The van der Waals surface area contributed by atoms with Gasteiger partial charge in [-0.25, -0.2) is 4.79 Å². The first-order valence-electron chi connectivity index (χ1n) is 11.1. The van der Waals surface area contributed by atoms with Crippen LogP contribution in [0.4, 0.5) is 0 Å². The average molecular weight is 436 g/mol. The van der Waals surface area contributed by atoms with Crippen LogP contribution in [0.5, 0.6) is 0 Å². The maximum atomic E-state index is 12.4. The number of rotatable bonds is 5. The van der Waals surface area contributed by atoms with Crippen LogP contribution < -0.4 is 11.2 Å². The Morgan fingerprint density at radius 1 is 1.00 bits per heavy atom. The maximum absolute atomic E-state index is 12.4. The van der Waals surface area contributed by atoms with Crippen LogP contribution in [0.3, 0.4) is 0 Å².